The molecule has 1 unspecified atom stereocenters. The average molecular weight is 452 g/mol. The maximum atomic E-state index is 13.2. The van der Waals surface area contributed by atoms with E-state index in [1.165, 1.54) is 6.33 Å². The molecule has 5 rings (SSSR count). The first kappa shape index (κ1) is 21.1. The van der Waals surface area contributed by atoms with Gasteiger partial charge in [-0.3, -0.25) is 4.90 Å². The average Bonchev–Trinajstić information content (AvgIpc) is 2.76. The van der Waals surface area contributed by atoms with Crippen LogP contribution < -0.4 is 10.6 Å². The molecule has 1 spiro atoms. The molecule has 0 bridgehead atoms. The Bertz CT molecular complexity index is 1080. The van der Waals surface area contributed by atoms with Gasteiger partial charge in [-0.1, -0.05) is 6.07 Å². The van der Waals surface area contributed by atoms with E-state index in [2.05, 4.69) is 48.5 Å². The Labute approximate surface area is 191 Å². The van der Waals surface area contributed by atoms with Gasteiger partial charge in [-0.2, -0.15) is 0 Å². The minimum Gasteiger partial charge on any atom is -0.325 e. The molecule has 1 aliphatic heterocycles. The second kappa shape index (κ2) is 8.63. The summed E-state index contributed by atoms with van der Waals surface area (Å²) in [4.78, 5) is 21.0. The lowest BCUT2D eigenvalue weighted by Gasteiger charge is -2.59. The molecule has 2 fully saturated rings. The fraction of sp³-hybridized carbons (Fsp3) is 0.391. The predicted octanol–water partition coefficient (Wildman–Crippen LogP) is 4.97. The summed E-state index contributed by atoms with van der Waals surface area (Å²) in [5.74, 6) is 2.78. The fourth-order valence-electron chi connectivity index (χ4n) is 4.56. The summed E-state index contributed by atoms with van der Waals surface area (Å²) in [6.45, 7) is 4.16. The number of alkyl halides is 1. The normalized spacial score (nSPS) is 18.6. The quantitative estimate of drug-likeness (QED) is 0.488. The molecule has 3 aromatic rings. The number of nitrogens with zero attached hydrogens (tertiary/aromatic N) is 5. The Balaban J connectivity index is 1.21. The topological polar surface area (TPSA) is 78.9 Å². The van der Waals surface area contributed by atoms with Gasteiger partial charge in [0.15, 0.2) is 0 Å². The number of halogens is 1. The van der Waals surface area contributed by atoms with Gasteiger partial charge in [0.05, 0.1) is 0 Å². The summed E-state index contributed by atoms with van der Waals surface area (Å²) in [7, 11) is 0. The maximum Gasteiger partial charge on any atom is 0.145 e. The number of aromatic nitrogens is 4. The third kappa shape index (κ3) is 4.27. The summed E-state index contributed by atoms with van der Waals surface area (Å²) >= 11 is 1.62. The minimum absolute atomic E-state index is 0.243. The molecule has 2 aliphatic rings. The van der Waals surface area contributed by atoms with Gasteiger partial charge in [0, 0.05) is 47.9 Å². The monoisotopic (exact) mass is 451 g/mol. The second-order valence-corrected chi connectivity index (χ2v) is 9.50. The van der Waals surface area contributed by atoms with E-state index in [-0.39, 0.29) is 11.5 Å². The largest absolute Gasteiger partial charge is 0.325 e. The van der Waals surface area contributed by atoms with Crippen LogP contribution in [-0.4, -0.2) is 50.4 Å². The van der Waals surface area contributed by atoms with Gasteiger partial charge in [0.2, 0.25) is 0 Å². The number of nitrogens with one attached hydrogen (secondary N) is 2. The van der Waals surface area contributed by atoms with Crippen molar-refractivity contribution in [1.82, 2.24) is 24.8 Å². The van der Waals surface area contributed by atoms with Crippen LogP contribution in [0.5, 0.6) is 0 Å². The SMILES string of the molecule is CSc1cccnc1Nc1cc(Nc2ccc(C(C)N3CC4(CC(F)C4)C3)cn2)ncn1. The van der Waals surface area contributed by atoms with Gasteiger partial charge >= 0.3 is 0 Å². The van der Waals surface area contributed by atoms with E-state index in [9.17, 15) is 4.39 Å². The number of likely N-dealkylation sites (tertiary alicyclic amines) is 1. The Morgan fingerprint density at radius 1 is 1.06 bits per heavy atom. The molecule has 32 heavy (non-hydrogen) atoms. The number of hydrogen-bond donors (Lipinski definition) is 2. The first-order valence-corrected chi connectivity index (χ1v) is 12.0. The third-order valence-electron chi connectivity index (χ3n) is 6.36. The lowest BCUT2D eigenvalue weighted by molar-refractivity contribution is -0.117. The van der Waals surface area contributed by atoms with E-state index >= 15 is 0 Å². The summed E-state index contributed by atoms with van der Waals surface area (Å²) in [5.41, 5.74) is 1.40. The zero-order valence-electron chi connectivity index (χ0n) is 18.1. The van der Waals surface area contributed by atoms with E-state index in [1.54, 1.807) is 18.0 Å². The fourth-order valence-corrected chi connectivity index (χ4v) is 5.07. The van der Waals surface area contributed by atoms with Crippen molar-refractivity contribution in [3.8, 4) is 0 Å². The highest BCUT2D eigenvalue weighted by molar-refractivity contribution is 7.98. The van der Waals surface area contributed by atoms with Crippen LogP contribution in [0.3, 0.4) is 0 Å². The van der Waals surface area contributed by atoms with Crippen LogP contribution in [0.25, 0.3) is 0 Å². The smallest absolute Gasteiger partial charge is 0.145 e. The lowest BCUT2D eigenvalue weighted by atomic mass is 9.62. The van der Waals surface area contributed by atoms with Crippen LogP contribution in [0.1, 0.15) is 31.4 Å². The summed E-state index contributed by atoms with van der Waals surface area (Å²) in [6, 6.07) is 10.1. The van der Waals surface area contributed by atoms with Crippen molar-refractivity contribution in [2.45, 2.75) is 36.9 Å². The highest BCUT2D eigenvalue weighted by Crippen LogP contribution is 2.51. The van der Waals surface area contributed by atoms with Crippen molar-refractivity contribution in [3.05, 3.63) is 54.6 Å². The molecule has 1 aliphatic carbocycles. The molecule has 0 amide bonds. The van der Waals surface area contributed by atoms with Gasteiger partial charge in [0.25, 0.3) is 0 Å². The molecule has 4 heterocycles. The molecule has 166 valence electrons. The zero-order valence-corrected chi connectivity index (χ0v) is 18.9. The number of anilines is 4. The van der Waals surface area contributed by atoms with Crippen LogP contribution in [-0.2, 0) is 0 Å². The van der Waals surface area contributed by atoms with E-state index in [4.69, 9.17) is 0 Å². The van der Waals surface area contributed by atoms with Gasteiger partial charge in [-0.05, 0) is 49.8 Å². The predicted molar refractivity (Wildman–Crippen MR) is 125 cm³/mol. The van der Waals surface area contributed by atoms with Crippen LogP contribution in [0, 0.1) is 5.41 Å². The van der Waals surface area contributed by atoms with Crippen molar-refractivity contribution in [2.24, 2.45) is 5.41 Å². The van der Waals surface area contributed by atoms with Crippen LogP contribution in [0.15, 0.2) is 53.9 Å². The highest BCUT2D eigenvalue weighted by atomic mass is 32.2. The van der Waals surface area contributed by atoms with Crippen molar-refractivity contribution in [3.63, 3.8) is 0 Å². The second-order valence-electron chi connectivity index (χ2n) is 8.66. The van der Waals surface area contributed by atoms with E-state index in [1.807, 2.05) is 36.7 Å². The van der Waals surface area contributed by atoms with Gasteiger partial charge in [-0.25, -0.2) is 24.3 Å². The van der Waals surface area contributed by atoms with E-state index < -0.39 is 6.17 Å². The Morgan fingerprint density at radius 3 is 2.53 bits per heavy atom. The van der Waals surface area contributed by atoms with Gasteiger partial charge in [-0.15, -0.1) is 11.8 Å². The van der Waals surface area contributed by atoms with E-state index in [0.717, 1.165) is 42.2 Å². The molecule has 1 atom stereocenters. The molecule has 1 saturated heterocycles. The van der Waals surface area contributed by atoms with Crippen LogP contribution in [0.4, 0.5) is 27.7 Å². The van der Waals surface area contributed by atoms with Crippen LogP contribution in [0.2, 0.25) is 0 Å². The third-order valence-corrected chi connectivity index (χ3v) is 7.13. The highest BCUT2D eigenvalue weighted by Gasteiger charge is 2.53. The number of hydrogen-bond acceptors (Lipinski definition) is 8. The summed E-state index contributed by atoms with van der Waals surface area (Å²) < 4.78 is 13.2. The standard InChI is InChI=1S/C23H26FN7S/c1-15(31-12-23(13-31)9-17(24)10-23)16-5-6-19(26-11-16)29-20-8-21(28-14-27-20)30-22-18(32-2)4-3-7-25-22/h3-8,11,14-15,17H,9-10,12-13H2,1-2H3,(H2,25,26,27,28,29,30). The number of pyridine rings is 2. The van der Waals surface area contributed by atoms with Gasteiger partial charge < -0.3 is 10.6 Å². The Kier molecular flexibility index (Phi) is 5.69. The van der Waals surface area contributed by atoms with Crippen molar-refractivity contribution in [1.29, 1.82) is 0 Å². The molecular weight excluding hydrogens is 425 g/mol. The first-order valence-electron chi connectivity index (χ1n) is 10.7. The van der Waals surface area contributed by atoms with E-state index in [0.29, 0.717) is 17.5 Å². The molecule has 9 heteroatoms. The maximum absolute atomic E-state index is 13.2. The Hall–Kier alpha value is -2.78. The number of thioether (sulfide) groups is 1. The zero-order chi connectivity index (χ0) is 22.1. The molecular formula is C23H26FN7S. The Morgan fingerprint density at radius 2 is 1.84 bits per heavy atom. The molecule has 0 radical (unpaired) electrons. The van der Waals surface area contributed by atoms with Crippen molar-refractivity contribution < 1.29 is 4.39 Å². The summed E-state index contributed by atoms with van der Waals surface area (Å²) in [6.07, 6.45) is 8.03. The lowest BCUT2D eigenvalue weighted by Crippen LogP contribution is -2.63. The molecule has 1 saturated carbocycles. The summed E-state index contributed by atoms with van der Waals surface area (Å²) in [5, 5.41) is 6.48. The molecule has 2 N–H and O–H groups in total. The number of rotatable bonds is 7. The van der Waals surface area contributed by atoms with Crippen LogP contribution >= 0.6 is 11.8 Å². The molecule has 3 aromatic heterocycles. The van der Waals surface area contributed by atoms with Crippen molar-refractivity contribution >= 4 is 35.0 Å². The van der Waals surface area contributed by atoms with Crippen molar-refractivity contribution in [2.75, 3.05) is 30.0 Å². The minimum atomic E-state index is -0.589. The first-order chi connectivity index (χ1) is 15.5. The van der Waals surface area contributed by atoms with Gasteiger partial charge in [0.1, 0.15) is 35.8 Å². The molecule has 0 aromatic carbocycles. The molecule has 7 nitrogen and oxygen atoms in total.